The average molecular weight is 174 g/mol. The van der Waals surface area contributed by atoms with Crippen LogP contribution in [0.5, 0.6) is 0 Å². The molecule has 3 heteroatoms. The number of unbranched alkanes of at least 4 members (excludes halogenated alkanes) is 1. The van der Waals surface area contributed by atoms with Crippen molar-refractivity contribution in [2.45, 2.75) is 39.2 Å². The van der Waals surface area contributed by atoms with Gasteiger partial charge in [0, 0.05) is 6.08 Å². The van der Waals surface area contributed by atoms with Gasteiger partial charge in [-0.05, 0) is 13.3 Å². The number of aliphatic hydroxyl groups is 1. The number of aliphatic carboxylic acids is 1. The van der Waals surface area contributed by atoms with Gasteiger partial charge in [0.15, 0.2) is 0 Å². The van der Waals surface area contributed by atoms with Crippen LogP contribution in [0, 0.1) is 0 Å². The first-order chi connectivity index (χ1) is 5.54. The van der Waals surface area contributed by atoms with Crippen molar-refractivity contribution in [1.29, 1.82) is 0 Å². The number of carbonyl (C=O) groups is 1. The first-order valence-electron chi connectivity index (χ1n) is 4.08. The fourth-order valence-corrected chi connectivity index (χ4v) is 0.500. The van der Waals surface area contributed by atoms with E-state index in [-0.39, 0.29) is 6.10 Å². The lowest BCUT2D eigenvalue weighted by atomic mass is 10.2. The summed E-state index contributed by atoms with van der Waals surface area (Å²) in [6, 6.07) is 0. The molecule has 3 nitrogen and oxygen atoms in total. The Morgan fingerprint density at radius 2 is 2.08 bits per heavy atom. The summed E-state index contributed by atoms with van der Waals surface area (Å²) in [5.41, 5.74) is 0. The summed E-state index contributed by atoms with van der Waals surface area (Å²) in [6.07, 6.45) is 4.03. The summed E-state index contributed by atoms with van der Waals surface area (Å²) in [7, 11) is 0. The summed E-state index contributed by atoms with van der Waals surface area (Å²) >= 11 is 0. The van der Waals surface area contributed by atoms with Crippen molar-refractivity contribution in [3.63, 3.8) is 0 Å². The van der Waals surface area contributed by atoms with E-state index in [1.54, 1.807) is 0 Å². The summed E-state index contributed by atoms with van der Waals surface area (Å²) < 4.78 is 0. The van der Waals surface area contributed by atoms with Gasteiger partial charge >= 0.3 is 5.97 Å². The fourth-order valence-electron chi connectivity index (χ4n) is 0.500. The maximum atomic E-state index is 9.25. The molecule has 0 aliphatic heterocycles. The SMILES string of the molecule is C=CC(=O)O.CCCCC(C)O. The molecule has 0 aromatic heterocycles. The van der Waals surface area contributed by atoms with E-state index in [0.717, 1.165) is 18.9 Å². The van der Waals surface area contributed by atoms with E-state index in [4.69, 9.17) is 10.2 Å². The third-order valence-corrected chi connectivity index (χ3v) is 1.15. The van der Waals surface area contributed by atoms with Crippen LogP contribution in [0.15, 0.2) is 12.7 Å². The van der Waals surface area contributed by atoms with Crippen molar-refractivity contribution in [3.05, 3.63) is 12.7 Å². The second-order valence-corrected chi connectivity index (χ2v) is 2.53. The minimum atomic E-state index is -0.981. The Morgan fingerprint density at radius 1 is 1.67 bits per heavy atom. The zero-order valence-corrected chi connectivity index (χ0v) is 7.79. The third-order valence-electron chi connectivity index (χ3n) is 1.15. The normalized spacial score (nSPS) is 10.9. The van der Waals surface area contributed by atoms with E-state index in [0.29, 0.717) is 0 Å². The van der Waals surface area contributed by atoms with Gasteiger partial charge in [0.1, 0.15) is 0 Å². The minimum Gasteiger partial charge on any atom is -0.478 e. The molecule has 0 rings (SSSR count). The van der Waals surface area contributed by atoms with Gasteiger partial charge in [-0.2, -0.15) is 0 Å². The van der Waals surface area contributed by atoms with Gasteiger partial charge in [-0.3, -0.25) is 0 Å². The van der Waals surface area contributed by atoms with E-state index in [1.165, 1.54) is 6.42 Å². The molecule has 0 heterocycles. The Kier molecular flexibility index (Phi) is 11.6. The maximum absolute atomic E-state index is 9.25. The molecule has 0 aliphatic carbocycles. The van der Waals surface area contributed by atoms with E-state index < -0.39 is 5.97 Å². The van der Waals surface area contributed by atoms with Crippen LogP contribution in [0.1, 0.15) is 33.1 Å². The molecule has 0 spiro atoms. The number of hydrogen-bond donors (Lipinski definition) is 2. The van der Waals surface area contributed by atoms with Crippen molar-refractivity contribution >= 4 is 5.97 Å². The number of carboxylic acid groups (broad SMARTS) is 1. The van der Waals surface area contributed by atoms with Crippen molar-refractivity contribution < 1.29 is 15.0 Å². The predicted octanol–water partition coefficient (Wildman–Crippen LogP) is 1.81. The first kappa shape index (κ1) is 13.7. The molecule has 1 unspecified atom stereocenters. The van der Waals surface area contributed by atoms with Crippen LogP contribution in [0.25, 0.3) is 0 Å². The second kappa shape index (κ2) is 10.2. The Hall–Kier alpha value is -0.830. The van der Waals surface area contributed by atoms with Crippen molar-refractivity contribution in [1.82, 2.24) is 0 Å². The summed E-state index contributed by atoms with van der Waals surface area (Å²) in [6.45, 7) is 6.92. The predicted molar refractivity (Wildman–Crippen MR) is 49.0 cm³/mol. The molecule has 0 fully saturated rings. The Morgan fingerprint density at radius 3 is 2.17 bits per heavy atom. The average Bonchev–Trinajstić information content (AvgIpc) is 2.02. The molecule has 0 amide bonds. The molecular formula is C9H18O3. The van der Waals surface area contributed by atoms with Gasteiger partial charge in [-0.15, -0.1) is 0 Å². The fraction of sp³-hybridized carbons (Fsp3) is 0.667. The van der Waals surface area contributed by atoms with Crippen LogP contribution in [0.2, 0.25) is 0 Å². The lowest BCUT2D eigenvalue weighted by molar-refractivity contribution is -0.131. The lowest BCUT2D eigenvalue weighted by Gasteiger charge is -1.98. The Labute approximate surface area is 73.7 Å². The summed E-state index contributed by atoms with van der Waals surface area (Å²) in [4.78, 5) is 9.25. The minimum absolute atomic E-state index is 0.0973. The van der Waals surface area contributed by atoms with E-state index in [1.807, 2.05) is 6.92 Å². The molecule has 0 saturated carbocycles. The standard InChI is InChI=1S/C6H14O.C3H4O2/c1-3-4-5-6(2)7;1-2-3(4)5/h6-7H,3-5H2,1-2H3;2H,1H2,(H,4,5). The molecular weight excluding hydrogens is 156 g/mol. The molecule has 72 valence electrons. The number of hydrogen-bond acceptors (Lipinski definition) is 2. The van der Waals surface area contributed by atoms with E-state index in [2.05, 4.69) is 13.5 Å². The first-order valence-corrected chi connectivity index (χ1v) is 4.08. The maximum Gasteiger partial charge on any atom is 0.327 e. The van der Waals surface area contributed by atoms with E-state index in [9.17, 15) is 4.79 Å². The lowest BCUT2D eigenvalue weighted by Crippen LogP contribution is -1.97. The molecule has 0 saturated heterocycles. The molecule has 1 atom stereocenters. The zero-order valence-electron chi connectivity index (χ0n) is 7.79. The highest BCUT2D eigenvalue weighted by atomic mass is 16.4. The number of carboxylic acids is 1. The second-order valence-electron chi connectivity index (χ2n) is 2.53. The highest BCUT2D eigenvalue weighted by molar-refractivity contribution is 5.78. The smallest absolute Gasteiger partial charge is 0.327 e. The van der Waals surface area contributed by atoms with Gasteiger partial charge in [-0.25, -0.2) is 4.79 Å². The molecule has 12 heavy (non-hydrogen) atoms. The van der Waals surface area contributed by atoms with Gasteiger partial charge in [0.05, 0.1) is 6.10 Å². The third kappa shape index (κ3) is 22.9. The molecule has 0 aliphatic rings. The van der Waals surface area contributed by atoms with E-state index >= 15 is 0 Å². The van der Waals surface area contributed by atoms with Gasteiger partial charge in [0.2, 0.25) is 0 Å². The molecule has 0 radical (unpaired) electrons. The topological polar surface area (TPSA) is 57.5 Å². The highest BCUT2D eigenvalue weighted by Crippen LogP contribution is 1.97. The van der Waals surface area contributed by atoms with Crippen LogP contribution < -0.4 is 0 Å². The van der Waals surface area contributed by atoms with Crippen LogP contribution in [0.4, 0.5) is 0 Å². The van der Waals surface area contributed by atoms with Crippen molar-refractivity contribution in [2.75, 3.05) is 0 Å². The van der Waals surface area contributed by atoms with Gasteiger partial charge in [-0.1, -0.05) is 26.3 Å². The van der Waals surface area contributed by atoms with Gasteiger partial charge in [0.25, 0.3) is 0 Å². The zero-order chi connectivity index (χ0) is 9.98. The number of aliphatic hydroxyl groups excluding tert-OH is 1. The van der Waals surface area contributed by atoms with Crippen LogP contribution >= 0.6 is 0 Å². The monoisotopic (exact) mass is 174 g/mol. The molecule has 0 bridgehead atoms. The quantitative estimate of drug-likeness (QED) is 0.639. The van der Waals surface area contributed by atoms with Crippen molar-refractivity contribution in [2.24, 2.45) is 0 Å². The number of rotatable bonds is 4. The molecule has 0 aromatic carbocycles. The summed E-state index contributed by atoms with van der Waals surface area (Å²) in [5, 5.41) is 16.3. The van der Waals surface area contributed by atoms with Crippen LogP contribution in [-0.4, -0.2) is 22.3 Å². The van der Waals surface area contributed by atoms with Crippen LogP contribution in [-0.2, 0) is 4.79 Å². The largest absolute Gasteiger partial charge is 0.478 e. The van der Waals surface area contributed by atoms with Crippen LogP contribution in [0.3, 0.4) is 0 Å². The van der Waals surface area contributed by atoms with Crippen molar-refractivity contribution in [3.8, 4) is 0 Å². The Bertz CT molecular complexity index is 119. The molecule has 0 aromatic rings. The molecule has 2 N–H and O–H groups in total. The highest BCUT2D eigenvalue weighted by Gasteiger charge is 1.90. The van der Waals surface area contributed by atoms with Gasteiger partial charge < -0.3 is 10.2 Å². The summed E-state index contributed by atoms with van der Waals surface area (Å²) in [5.74, 6) is -0.981. The Balaban J connectivity index is 0.